The molecule has 2 saturated heterocycles. The summed E-state index contributed by atoms with van der Waals surface area (Å²) in [5.41, 5.74) is 0. The van der Waals surface area contributed by atoms with E-state index in [0.29, 0.717) is 18.8 Å². The molecule has 0 saturated carbocycles. The van der Waals surface area contributed by atoms with E-state index >= 15 is 0 Å². The van der Waals surface area contributed by atoms with Crippen LogP contribution in [0.5, 0.6) is 0 Å². The van der Waals surface area contributed by atoms with Crippen LogP contribution < -0.4 is 5.32 Å². The molecule has 2 aliphatic rings. The third kappa shape index (κ3) is 8.18. The van der Waals surface area contributed by atoms with Crippen molar-refractivity contribution in [3.05, 3.63) is 24.2 Å². The van der Waals surface area contributed by atoms with Gasteiger partial charge in [-0.2, -0.15) is 0 Å². The van der Waals surface area contributed by atoms with Crippen LogP contribution in [0.3, 0.4) is 0 Å². The van der Waals surface area contributed by atoms with E-state index in [9.17, 15) is 0 Å². The number of guanidine groups is 1. The number of nitrogens with zero attached hydrogens (tertiary/aromatic N) is 3. The summed E-state index contributed by atoms with van der Waals surface area (Å²) >= 11 is 0. The minimum Gasteiger partial charge on any atom is -0.468 e. The summed E-state index contributed by atoms with van der Waals surface area (Å²) in [7, 11) is 0. The van der Waals surface area contributed by atoms with Crippen LogP contribution in [0.2, 0.25) is 0 Å². The molecule has 0 radical (unpaired) electrons. The van der Waals surface area contributed by atoms with E-state index in [-0.39, 0.29) is 30.0 Å². The number of piperidine rings is 1. The molecule has 0 spiro atoms. The topological polar surface area (TPSA) is 62.5 Å². The van der Waals surface area contributed by atoms with Gasteiger partial charge >= 0.3 is 0 Å². The van der Waals surface area contributed by atoms with Crippen LogP contribution >= 0.6 is 24.0 Å². The van der Waals surface area contributed by atoms with E-state index in [2.05, 4.69) is 42.0 Å². The molecule has 3 rings (SSSR count). The smallest absolute Gasteiger partial charge is 0.193 e. The molecule has 1 aromatic rings. The Labute approximate surface area is 211 Å². The molecule has 32 heavy (non-hydrogen) atoms. The summed E-state index contributed by atoms with van der Waals surface area (Å²) in [6.45, 7) is 13.6. The third-order valence-corrected chi connectivity index (χ3v) is 6.41. The van der Waals surface area contributed by atoms with Crippen molar-refractivity contribution in [2.24, 2.45) is 4.99 Å². The minimum absolute atomic E-state index is 0. The molecule has 0 aliphatic carbocycles. The number of likely N-dealkylation sites (tertiary alicyclic amines) is 1. The Kier molecular flexibility index (Phi) is 13.0. The quantitative estimate of drug-likeness (QED) is 0.261. The maximum atomic E-state index is 6.19. The van der Waals surface area contributed by atoms with Crippen LogP contribution in [0.15, 0.2) is 27.8 Å². The van der Waals surface area contributed by atoms with Crippen LogP contribution in [0, 0.1) is 0 Å². The number of rotatable bonds is 10. The first kappa shape index (κ1) is 27.4. The minimum atomic E-state index is 0. The van der Waals surface area contributed by atoms with Crippen molar-refractivity contribution in [1.82, 2.24) is 15.1 Å². The van der Waals surface area contributed by atoms with E-state index in [0.717, 1.165) is 76.9 Å². The van der Waals surface area contributed by atoms with Gasteiger partial charge in [0, 0.05) is 26.2 Å². The molecule has 2 unspecified atom stereocenters. The summed E-state index contributed by atoms with van der Waals surface area (Å²) < 4.78 is 17.7. The highest BCUT2D eigenvalue weighted by molar-refractivity contribution is 14.0. The number of ether oxygens (including phenoxy) is 2. The molecular formula is C24H43IN4O3. The average Bonchev–Trinajstić information content (AvgIpc) is 3.35. The van der Waals surface area contributed by atoms with Gasteiger partial charge in [-0.05, 0) is 64.3 Å². The number of halogens is 1. The van der Waals surface area contributed by atoms with Gasteiger partial charge in [0.1, 0.15) is 5.76 Å². The van der Waals surface area contributed by atoms with Gasteiger partial charge in [-0.15, -0.1) is 24.0 Å². The molecule has 2 aliphatic heterocycles. The lowest BCUT2D eigenvalue weighted by atomic mass is 10.1. The average molecular weight is 563 g/mol. The Balaban J connectivity index is 0.00000363. The zero-order valence-electron chi connectivity index (χ0n) is 20.1. The van der Waals surface area contributed by atoms with Crippen LogP contribution in [-0.4, -0.2) is 80.4 Å². The predicted molar refractivity (Wildman–Crippen MR) is 140 cm³/mol. The monoisotopic (exact) mass is 562 g/mol. The lowest BCUT2D eigenvalue weighted by Gasteiger charge is -2.35. The van der Waals surface area contributed by atoms with Crippen molar-refractivity contribution in [2.75, 3.05) is 52.5 Å². The molecule has 1 N–H and O–H groups in total. The summed E-state index contributed by atoms with van der Waals surface area (Å²) in [6.07, 6.45) is 8.05. The van der Waals surface area contributed by atoms with Crippen molar-refractivity contribution in [1.29, 1.82) is 0 Å². The molecule has 2 fully saturated rings. The van der Waals surface area contributed by atoms with Gasteiger partial charge in [0.25, 0.3) is 0 Å². The van der Waals surface area contributed by atoms with Gasteiger partial charge in [-0.3, -0.25) is 9.89 Å². The highest BCUT2D eigenvalue weighted by Gasteiger charge is 2.25. The lowest BCUT2D eigenvalue weighted by molar-refractivity contribution is -0.0721. The number of hydrogen-bond donors (Lipinski definition) is 1. The van der Waals surface area contributed by atoms with E-state index in [1.807, 2.05) is 6.07 Å². The Morgan fingerprint density at radius 3 is 2.59 bits per heavy atom. The largest absolute Gasteiger partial charge is 0.468 e. The SMILES string of the molecule is CCNC(=NCC(c1ccco1)N(CC)CC)N1CCC(OCC2CCCCO2)CC1.I. The number of hydrogen-bond acceptors (Lipinski definition) is 5. The molecule has 184 valence electrons. The van der Waals surface area contributed by atoms with E-state index in [4.69, 9.17) is 18.9 Å². The first-order valence-electron chi connectivity index (χ1n) is 12.3. The number of furan rings is 1. The van der Waals surface area contributed by atoms with E-state index < -0.39 is 0 Å². The van der Waals surface area contributed by atoms with Gasteiger partial charge in [-0.1, -0.05) is 13.8 Å². The van der Waals surface area contributed by atoms with Gasteiger partial charge in [0.05, 0.1) is 37.7 Å². The summed E-state index contributed by atoms with van der Waals surface area (Å²) in [5.74, 6) is 1.99. The van der Waals surface area contributed by atoms with E-state index in [1.54, 1.807) is 6.26 Å². The highest BCUT2D eigenvalue weighted by atomic mass is 127. The molecular weight excluding hydrogens is 519 g/mol. The Hall–Kier alpha value is -0.840. The molecule has 0 bridgehead atoms. The standard InChI is InChI=1S/C24H42N4O3.HI/c1-4-25-24(26-18-22(27(5-2)6-3)23-11-9-17-30-23)28-14-12-20(13-15-28)31-19-21-10-7-8-16-29-21;/h9,11,17,20-22H,4-8,10,12-16,18-19H2,1-3H3,(H,25,26);1H. The van der Waals surface area contributed by atoms with Crippen molar-refractivity contribution < 1.29 is 13.9 Å². The van der Waals surface area contributed by atoms with Crippen LogP contribution in [0.1, 0.15) is 64.7 Å². The van der Waals surface area contributed by atoms with Crippen molar-refractivity contribution >= 4 is 29.9 Å². The van der Waals surface area contributed by atoms with Crippen LogP contribution in [-0.2, 0) is 9.47 Å². The van der Waals surface area contributed by atoms with Crippen molar-refractivity contribution in [3.63, 3.8) is 0 Å². The van der Waals surface area contributed by atoms with Gasteiger partial charge in [0.2, 0.25) is 0 Å². The second-order valence-corrected chi connectivity index (χ2v) is 8.46. The van der Waals surface area contributed by atoms with Gasteiger partial charge in [-0.25, -0.2) is 0 Å². The Morgan fingerprint density at radius 1 is 1.22 bits per heavy atom. The Morgan fingerprint density at radius 2 is 2.00 bits per heavy atom. The molecule has 0 amide bonds. The fraction of sp³-hybridized carbons (Fsp3) is 0.792. The zero-order chi connectivity index (χ0) is 21.9. The molecule has 8 heteroatoms. The fourth-order valence-corrected chi connectivity index (χ4v) is 4.55. The maximum absolute atomic E-state index is 6.19. The molecule has 0 aromatic carbocycles. The van der Waals surface area contributed by atoms with Crippen molar-refractivity contribution in [3.8, 4) is 0 Å². The zero-order valence-corrected chi connectivity index (χ0v) is 22.5. The second-order valence-electron chi connectivity index (χ2n) is 8.46. The predicted octanol–water partition coefficient (Wildman–Crippen LogP) is 4.30. The van der Waals surface area contributed by atoms with Crippen molar-refractivity contribution in [2.45, 2.75) is 71.1 Å². The number of likely N-dealkylation sites (N-methyl/N-ethyl adjacent to an activating group) is 1. The Bertz CT molecular complexity index is 625. The third-order valence-electron chi connectivity index (χ3n) is 6.41. The maximum Gasteiger partial charge on any atom is 0.193 e. The van der Waals surface area contributed by atoms with Gasteiger partial charge in [0.15, 0.2) is 5.96 Å². The first-order valence-corrected chi connectivity index (χ1v) is 12.3. The second kappa shape index (κ2) is 15.1. The highest BCUT2D eigenvalue weighted by Crippen LogP contribution is 2.22. The lowest BCUT2D eigenvalue weighted by Crippen LogP contribution is -2.47. The summed E-state index contributed by atoms with van der Waals surface area (Å²) in [4.78, 5) is 9.80. The molecule has 3 heterocycles. The van der Waals surface area contributed by atoms with E-state index in [1.165, 1.54) is 12.8 Å². The summed E-state index contributed by atoms with van der Waals surface area (Å²) in [6, 6.07) is 4.18. The first-order chi connectivity index (χ1) is 15.2. The molecule has 1 aromatic heterocycles. The molecule has 7 nitrogen and oxygen atoms in total. The number of nitrogens with one attached hydrogen (secondary N) is 1. The number of aliphatic imine (C=N–C) groups is 1. The summed E-state index contributed by atoms with van der Waals surface area (Å²) in [5, 5.41) is 3.49. The van der Waals surface area contributed by atoms with Crippen LogP contribution in [0.4, 0.5) is 0 Å². The fourth-order valence-electron chi connectivity index (χ4n) is 4.55. The van der Waals surface area contributed by atoms with Gasteiger partial charge < -0.3 is 24.1 Å². The molecule has 2 atom stereocenters. The normalized spacial score (nSPS) is 21.4. The van der Waals surface area contributed by atoms with Crippen LogP contribution in [0.25, 0.3) is 0 Å².